The van der Waals surface area contributed by atoms with Gasteiger partial charge in [-0.3, -0.25) is 4.90 Å². The van der Waals surface area contributed by atoms with E-state index in [0.29, 0.717) is 0 Å². The largest absolute Gasteiger partial charge is 0.465 e. The van der Waals surface area contributed by atoms with Crippen LogP contribution in [0.15, 0.2) is 10.5 Å². The molecule has 0 aromatic carbocycles. The van der Waals surface area contributed by atoms with Gasteiger partial charge >= 0.3 is 0 Å². The SMILES string of the molecule is CCCCN1Cc2oc(C)cc2C(O)C1. The summed E-state index contributed by atoms with van der Waals surface area (Å²) in [6.45, 7) is 6.75. The van der Waals surface area contributed by atoms with Gasteiger partial charge in [0.15, 0.2) is 0 Å². The second-order valence-corrected chi connectivity index (χ2v) is 4.34. The van der Waals surface area contributed by atoms with Crippen LogP contribution < -0.4 is 0 Å². The van der Waals surface area contributed by atoms with Crippen LogP contribution in [0.25, 0.3) is 0 Å². The van der Waals surface area contributed by atoms with Crippen molar-refractivity contribution in [2.24, 2.45) is 0 Å². The maximum absolute atomic E-state index is 9.94. The van der Waals surface area contributed by atoms with Gasteiger partial charge in [-0.25, -0.2) is 0 Å². The normalized spacial score (nSPS) is 21.7. The number of rotatable bonds is 3. The van der Waals surface area contributed by atoms with Crippen LogP contribution in [0.4, 0.5) is 0 Å². The fourth-order valence-electron chi connectivity index (χ4n) is 2.15. The van der Waals surface area contributed by atoms with Crippen molar-refractivity contribution in [2.45, 2.75) is 39.3 Å². The van der Waals surface area contributed by atoms with Crippen LogP contribution in [0.1, 0.15) is 43.0 Å². The van der Waals surface area contributed by atoms with Crippen molar-refractivity contribution >= 4 is 0 Å². The van der Waals surface area contributed by atoms with Crippen LogP contribution in [-0.4, -0.2) is 23.1 Å². The molecule has 1 N–H and O–H groups in total. The van der Waals surface area contributed by atoms with E-state index in [0.717, 1.165) is 36.7 Å². The minimum atomic E-state index is -0.372. The first kappa shape index (κ1) is 10.7. The predicted molar refractivity (Wildman–Crippen MR) is 58.6 cm³/mol. The number of hydrogen-bond donors (Lipinski definition) is 1. The summed E-state index contributed by atoms with van der Waals surface area (Å²) < 4.78 is 5.58. The number of unbranched alkanes of at least 4 members (excludes halogenated alkanes) is 1. The molecular weight excluding hydrogens is 190 g/mol. The van der Waals surface area contributed by atoms with Gasteiger partial charge in [0.25, 0.3) is 0 Å². The van der Waals surface area contributed by atoms with Gasteiger partial charge in [0.05, 0.1) is 12.6 Å². The number of aryl methyl sites for hydroxylation is 1. The van der Waals surface area contributed by atoms with Crippen LogP contribution in [-0.2, 0) is 6.54 Å². The molecule has 3 heteroatoms. The van der Waals surface area contributed by atoms with E-state index in [9.17, 15) is 5.11 Å². The lowest BCUT2D eigenvalue weighted by atomic mass is 10.0. The van der Waals surface area contributed by atoms with E-state index in [1.165, 1.54) is 12.8 Å². The Morgan fingerprint density at radius 1 is 1.60 bits per heavy atom. The molecule has 2 rings (SSSR count). The Morgan fingerprint density at radius 3 is 3.13 bits per heavy atom. The predicted octanol–water partition coefficient (Wildman–Crippen LogP) is 2.24. The highest BCUT2D eigenvalue weighted by Crippen LogP contribution is 2.29. The quantitative estimate of drug-likeness (QED) is 0.829. The molecule has 0 saturated carbocycles. The van der Waals surface area contributed by atoms with Gasteiger partial charge in [0, 0.05) is 12.1 Å². The van der Waals surface area contributed by atoms with Crippen molar-refractivity contribution in [1.82, 2.24) is 4.90 Å². The number of aliphatic hydroxyl groups excluding tert-OH is 1. The van der Waals surface area contributed by atoms with E-state index >= 15 is 0 Å². The maximum atomic E-state index is 9.94. The Bertz CT molecular complexity index is 332. The average Bonchev–Trinajstić information content (AvgIpc) is 2.56. The summed E-state index contributed by atoms with van der Waals surface area (Å²) in [5, 5.41) is 9.94. The molecule has 2 heterocycles. The third-order valence-corrected chi connectivity index (χ3v) is 2.95. The maximum Gasteiger partial charge on any atom is 0.123 e. The van der Waals surface area contributed by atoms with Crippen molar-refractivity contribution in [3.63, 3.8) is 0 Å². The minimum Gasteiger partial charge on any atom is -0.465 e. The molecule has 1 aliphatic rings. The lowest BCUT2D eigenvalue weighted by Crippen LogP contribution is -2.33. The number of nitrogens with zero attached hydrogens (tertiary/aromatic N) is 1. The Hall–Kier alpha value is -0.800. The molecule has 1 aliphatic heterocycles. The summed E-state index contributed by atoms with van der Waals surface area (Å²) in [6, 6.07) is 1.96. The molecule has 15 heavy (non-hydrogen) atoms. The molecule has 0 radical (unpaired) electrons. The summed E-state index contributed by atoms with van der Waals surface area (Å²) in [4.78, 5) is 2.26. The first-order valence-corrected chi connectivity index (χ1v) is 5.70. The van der Waals surface area contributed by atoms with Gasteiger partial charge in [-0.15, -0.1) is 0 Å². The molecule has 1 aromatic heterocycles. The van der Waals surface area contributed by atoms with Crippen molar-refractivity contribution < 1.29 is 9.52 Å². The van der Waals surface area contributed by atoms with E-state index in [-0.39, 0.29) is 6.10 Å². The van der Waals surface area contributed by atoms with Crippen molar-refractivity contribution in [3.05, 3.63) is 23.2 Å². The van der Waals surface area contributed by atoms with Gasteiger partial charge < -0.3 is 9.52 Å². The van der Waals surface area contributed by atoms with Crippen LogP contribution >= 0.6 is 0 Å². The Morgan fingerprint density at radius 2 is 2.40 bits per heavy atom. The number of furan rings is 1. The third-order valence-electron chi connectivity index (χ3n) is 2.95. The molecule has 0 saturated heterocycles. The number of fused-ring (bicyclic) bond motifs is 1. The number of aliphatic hydroxyl groups is 1. The molecule has 1 atom stereocenters. The van der Waals surface area contributed by atoms with Crippen LogP contribution in [0.2, 0.25) is 0 Å². The summed E-state index contributed by atoms with van der Waals surface area (Å²) in [6.07, 6.45) is 2.00. The molecule has 1 unspecified atom stereocenters. The highest BCUT2D eigenvalue weighted by molar-refractivity contribution is 5.26. The van der Waals surface area contributed by atoms with E-state index < -0.39 is 0 Å². The van der Waals surface area contributed by atoms with Crippen molar-refractivity contribution in [2.75, 3.05) is 13.1 Å². The average molecular weight is 209 g/mol. The summed E-state index contributed by atoms with van der Waals surface area (Å²) in [5.41, 5.74) is 0.986. The molecule has 0 amide bonds. The second-order valence-electron chi connectivity index (χ2n) is 4.34. The van der Waals surface area contributed by atoms with Crippen LogP contribution in [0, 0.1) is 6.92 Å². The zero-order valence-corrected chi connectivity index (χ0v) is 9.49. The zero-order valence-electron chi connectivity index (χ0n) is 9.49. The van der Waals surface area contributed by atoms with Crippen molar-refractivity contribution in [1.29, 1.82) is 0 Å². The van der Waals surface area contributed by atoms with Gasteiger partial charge in [-0.1, -0.05) is 13.3 Å². The zero-order chi connectivity index (χ0) is 10.8. The van der Waals surface area contributed by atoms with E-state index in [1.807, 2.05) is 13.0 Å². The number of β-amino-alcohol motifs (C(OH)–C–C–N with tert-alkyl or cyclic N) is 1. The lowest BCUT2D eigenvalue weighted by molar-refractivity contribution is 0.0835. The second kappa shape index (κ2) is 4.37. The summed E-state index contributed by atoms with van der Waals surface area (Å²) >= 11 is 0. The fourth-order valence-corrected chi connectivity index (χ4v) is 2.15. The standard InChI is InChI=1S/C12H19NO2/c1-3-4-5-13-7-11(14)10-6-9(2)15-12(10)8-13/h6,11,14H,3-5,7-8H2,1-2H3. The minimum absolute atomic E-state index is 0.372. The topological polar surface area (TPSA) is 36.6 Å². The molecule has 0 spiro atoms. The third kappa shape index (κ3) is 2.24. The smallest absolute Gasteiger partial charge is 0.123 e. The highest BCUT2D eigenvalue weighted by atomic mass is 16.3. The molecule has 0 bridgehead atoms. The summed E-state index contributed by atoms with van der Waals surface area (Å²) in [5.74, 6) is 1.85. The number of hydrogen-bond acceptors (Lipinski definition) is 3. The Balaban J connectivity index is 2.08. The van der Waals surface area contributed by atoms with Gasteiger partial charge in [0.2, 0.25) is 0 Å². The van der Waals surface area contributed by atoms with Crippen LogP contribution in [0.5, 0.6) is 0 Å². The molecule has 3 nitrogen and oxygen atoms in total. The fraction of sp³-hybridized carbons (Fsp3) is 0.667. The monoisotopic (exact) mass is 209 g/mol. The van der Waals surface area contributed by atoms with E-state index in [2.05, 4.69) is 11.8 Å². The Kier molecular flexibility index (Phi) is 3.12. The molecule has 0 fully saturated rings. The highest BCUT2D eigenvalue weighted by Gasteiger charge is 2.26. The first-order valence-electron chi connectivity index (χ1n) is 5.70. The molecular formula is C12H19NO2. The lowest BCUT2D eigenvalue weighted by Gasteiger charge is -2.28. The first-order chi connectivity index (χ1) is 7.20. The van der Waals surface area contributed by atoms with Gasteiger partial charge in [0.1, 0.15) is 11.5 Å². The van der Waals surface area contributed by atoms with Gasteiger partial charge in [-0.2, -0.15) is 0 Å². The van der Waals surface area contributed by atoms with E-state index in [1.54, 1.807) is 0 Å². The van der Waals surface area contributed by atoms with E-state index in [4.69, 9.17) is 4.42 Å². The van der Waals surface area contributed by atoms with Crippen molar-refractivity contribution in [3.8, 4) is 0 Å². The molecule has 84 valence electrons. The molecule has 0 aliphatic carbocycles. The van der Waals surface area contributed by atoms with Gasteiger partial charge in [-0.05, 0) is 26.0 Å². The molecule has 1 aromatic rings. The Labute approximate surface area is 90.7 Å². The van der Waals surface area contributed by atoms with Crippen LogP contribution in [0.3, 0.4) is 0 Å². The summed E-state index contributed by atoms with van der Waals surface area (Å²) in [7, 11) is 0.